The molecule has 0 bridgehead atoms. The number of carbonyl (C=O) groups excluding carboxylic acids is 1. The van der Waals surface area contributed by atoms with E-state index in [4.69, 9.17) is 23.2 Å². The lowest BCUT2D eigenvalue weighted by Gasteiger charge is -2.10. The number of carbonyl (C=O) groups is 1. The van der Waals surface area contributed by atoms with Crippen molar-refractivity contribution in [3.63, 3.8) is 0 Å². The molecule has 94 valence electrons. The van der Waals surface area contributed by atoms with Gasteiger partial charge in [0.25, 0.3) is 0 Å². The van der Waals surface area contributed by atoms with E-state index in [1.54, 1.807) is 23.6 Å². The number of halogens is 2. The Morgan fingerprint density at radius 3 is 2.56 bits per heavy atom. The van der Waals surface area contributed by atoms with Crippen LogP contribution in [0.2, 0.25) is 10.0 Å². The number of amides is 1. The molecule has 0 radical (unpaired) electrons. The van der Waals surface area contributed by atoms with Gasteiger partial charge in [-0.1, -0.05) is 30.1 Å². The minimum absolute atomic E-state index is 0.120. The van der Waals surface area contributed by atoms with Gasteiger partial charge < -0.3 is 5.32 Å². The summed E-state index contributed by atoms with van der Waals surface area (Å²) in [5.74, 6) is -0.120. The Morgan fingerprint density at radius 1 is 1.28 bits per heavy atom. The first-order chi connectivity index (χ1) is 8.61. The molecule has 0 spiro atoms. The molecular weight excluding hydrogens is 275 g/mol. The van der Waals surface area contributed by atoms with E-state index in [-0.39, 0.29) is 5.91 Å². The Balaban J connectivity index is 2.38. The molecule has 0 aliphatic rings. The van der Waals surface area contributed by atoms with Crippen LogP contribution in [0.25, 0.3) is 5.69 Å². The Morgan fingerprint density at radius 2 is 1.94 bits per heavy atom. The molecule has 5 nitrogen and oxygen atoms in total. The average Bonchev–Trinajstić information content (AvgIpc) is 2.86. The standard InChI is InChI=1S/C11H10Cl2N4O/c1-2-11(18)16-9-3-8(13)10(4-7(9)12)17-5-14-15-6-17/h3-6H,2H2,1H3,(H,16,18). The van der Waals surface area contributed by atoms with Crippen molar-refractivity contribution in [3.8, 4) is 5.69 Å². The van der Waals surface area contributed by atoms with Gasteiger partial charge >= 0.3 is 0 Å². The zero-order valence-corrected chi connectivity index (χ0v) is 11.0. The van der Waals surface area contributed by atoms with Crippen molar-refractivity contribution in [2.24, 2.45) is 0 Å². The molecular formula is C11H10Cl2N4O. The van der Waals surface area contributed by atoms with Gasteiger partial charge in [0, 0.05) is 6.42 Å². The van der Waals surface area contributed by atoms with Gasteiger partial charge in [0.05, 0.1) is 21.4 Å². The van der Waals surface area contributed by atoms with Crippen LogP contribution in [0.4, 0.5) is 5.69 Å². The molecule has 0 aliphatic heterocycles. The summed E-state index contributed by atoms with van der Waals surface area (Å²) in [6, 6.07) is 3.26. The van der Waals surface area contributed by atoms with E-state index < -0.39 is 0 Å². The number of hydrogen-bond acceptors (Lipinski definition) is 3. The summed E-state index contributed by atoms with van der Waals surface area (Å²) >= 11 is 12.2. The van der Waals surface area contributed by atoms with Gasteiger partial charge in [-0.15, -0.1) is 10.2 Å². The highest BCUT2D eigenvalue weighted by molar-refractivity contribution is 6.37. The van der Waals surface area contributed by atoms with E-state index in [0.717, 1.165) is 0 Å². The predicted molar refractivity (Wildman–Crippen MR) is 70.3 cm³/mol. The molecule has 7 heteroatoms. The quantitative estimate of drug-likeness (QED) is 0.943. The summed E-state index contributed by atoms with van der Waals surface area (Å²) in [5, 5.41) is 10.9. The van der Waals surface area contributed by atoms with E-state index in [9.17, 15) is 4.79 Å². The molecule has 0 atom stereocenters. The molecule has 0 saturated carbocycles. The first kappa shape index (κ1) is 12.9. The maximum atomic E-state index is 11.3. The lowest BCUT2D eigenvalue weighted by molar-refractivity contribution is -0.115. The van der Waals surface area contributed by atoms with Gasteiger partial charge in [-0.2, -0.15) is 0 Å². The second kappa shape index (κ2) is 5.37. The van der Waals surface area contributed by atoms with Crippen LogP contribution >= 0.6 is 23.2 Å². The first-order valence-corrected chi connectivity index (χ1v) is 6.01. The van der Waals surface area contributed by atoms with E-state index in [1.807, 2.05) is 0 Å². The minimum atomic E-state index is -0.120. The van der Waals surface area contributed by atoms with Crippen LogP contribution < -0.4 is 5.32 Å². The highest BCUT2D eigenvalue weighted by Gasteiger charge is 2.10. The summed E-state index contributed by atoms with van der Waals surface area (Å²) in [6.07, 6.45) is 3.41. The van der Waals surface area contributed by atoms with Crippen LogP contribution in [0.5, 0.6) is 0 Å². The van der Waals surface area contributed by atoms with Crippen LogP contribution in [0.15, 0.2) is 24.8 Å². The third-order valence-corrected chi connectivity index (χ3v) is 2.94. The van der Waals surface area contributed by atoms with Gasteiger partial charge in [0.2, 0.25) is 5.91 Å². The van der Waals surface area contributed by atoms with Gasteiger partial charge in [0.15, 0.2) is 0 Å². The molecule has 2 aromatic rings. The van der Waals surface area contributed by atoms with E-state index >= 15 is 0 Å². The number of aromatic nitrogens is 3. The number of nitrogens with zero attached hydrogens (tertiary/aromatic N) is 3. The third-order valence-electron chi connectivity index (χ3n) is 2.33. The monoisotopic (exact) mass is 284 g/mol. The van der Waals surface area contributed by atoms with Crippen molar-refractivity contribution in [1.29, 1.82) is 0 Å². The summed E-state index contributed by atoms with van der Waals surface area (Å²) in [6.45, 7) is 1.76. The summed E-state index contributed by atoms with van der Waals surface area (Å²) in [7, 11) is 0. The molecule has 1 amide bonds. The summed E-state index contributed by atoms with van der Waals surface area (Å²) in [5.41, 5.74) is 1.14. The first-order valence-electron chi connectivity index (χ1n) is 5.25. The molecule has 0 unspecified atom stereocenters. The van der Waals surface area contributed by atoms with E-state index in [0.29, 0.717) is 27.8 Å². The largest absolute Gasteiger partial charge is 0.325 e. The Hall–Kier alpha value is -1.59. The number of hydrogen-bond donors (Lipinski definition) is 1. The van der Waals surface area contributed by atoms with Crippen LogP contribution in [0.1, 0.15) is 13.3 Å². The van der Waals surface area contributed by atoms with Crippen molar-refractivity contribution in [2.45, 2.75) is 13.3 Å². The van der Waals surface area contributed by atoms with Crippen molar-refractivity contribution in [3.05, 3.63) is 34.8 Å². The average molecular weight is 285 g/mol. The molecule has 2 rings (SSSR count). The zero-order chi connectivity index (χ0) is 13.1. The van der Waals surface area contributed by atoms with Gasteiger partial charge in [-0.05, 0) is 12.1 Å². The fraction of sp³-hybridized carbons (Fsp3) is 0.182. The van der Waals surface area contributed by atoms with Gasteiger partial charge in [-0.25, -0.2) is 0 Å². The van der Waals surface area contributed by atoms with E-state index in [1.165, 1.54) is 12.7 Å². The Kier molecular flexibility index (Phi) is 3.84. The normalized spacial score (nSPS) is 10.4. The lowest BCUT2D eigenvalue weighted by Crippen LogP contribution is -2.10. The number of rotatable bonds is 3. The van der Waals surface area contributed by atoms with Crippen molar-refractivity contribution in [1.82, 2.24) is 14.8 Å². The number of anilines is 1. The van der Waals surface area contributed by atoms with Crippen molar-refractivity contribution in [2.75, 3.05) is 5.32 Å². The Labute approximate surface area is 114 Å². The smallest absolute Gasteiger partial charge is 0.224 e. The highest BCUT2D eigenvalue weighted by Crippen LogP contribution is 2.31. The predicted octanol–water partition coefficient (Wildman–Crippen LogP) is 2.92. The molecule has 0 aliphatic carbocycles. The molecule has 1 aromatic carbocycles. The number of benzene rings is 1. The van der Waals surface area contributed by atoms with Gasteiger partial charge in [-0.3, -0.25) is 9.36 Å². The molecule has 0 fully saturated rings. The highest BCUT2D eigenvalue weighted by atomic mass is 35.5. The van der Waals surface area contributed by atoms with E-state index in [2.05, 4.69) is 15.5 Å². The van der Waals surface area contributed by atoms with Crippen LogP contribution in [0.3, 0.4) is 0 Å². The Bertz CT molecular complexity index is 569. The summed E-state index contributed by atoms with van der Waals surface area (Å²) < 4.78 is 1.64. The molecule has 1 aromatic heterocycles. The molecule has 18 heavy (non-hydrogen) atoms. The van der Waals surface area contributed by atoms with Crippen molar-refractivity contribution >= 4 is 34.8 Å². The van der Waals surface area contributed by atoms with Crippen LogP contribution in [-0.4, -0.2) is 20.7 Å². The fourth-order valence-electron chi connectivity index (χ4n) is 1.39. The van der Waals surface area contributed by atoms with Gasteiger partial charge in [0.1, 0.15) is 12.7 Å². The minimum Gasteiger partial charge on any atom is -0.325 e. The second-order valence-corrected chi connectivity index (χ2v) is 4.37. The maximum Gasteiger partial charge on any atom is 0.224 e. The van der Waals surface area contributed by atoms with Crippen LogP contribution in [-0.2, 0) is 4.79 Å². The summed E-state index contributed by atoms with van der Waals surface area (Å²) in [4.78, 5) is 11.3. The second-order valence-electron chi connectivity index (χ2n) is 3.55. The zero-order valence-electron chi connectivity index (χ0n) is 9.52. The molecule has 1 heterocycles. The lowest BCUT2D eigenvalue weighted by atomic mass is 10.2. The molecule has 0 saturated heterocycles. The number of nitrogens with one attached hydrogen (secondary N) is 1. The maximum absolute atomic E-state index is 11.3. The third kappa shape index (κ3) is 2.63. The van der Waals surface area contributed by atoms with Crippen molar-refractivity contribution < 1.29 is 4.79 Å². The fourth-order valence-corrected chi connectivity index (χ4v) is 1.86. The topological polar surface area (TPSA) is 59.8 Å². The SMILES string of the molecule is CCC(=O)Nc1cc(Cl)c(-n2cnnc2)cc1Cl. The van der Waals surface area contributed by atoms with Crippen LogP contribution in [0, 0.1) is 0 Å². The molecule has 1 N–H and O–H groups in total.